The molecule has 0 aliphatic heterocycles. The molecule has 1 aliphatic carbocycles. The third-order valence-corrected chi connectivity index (χ3v) is 4.75. The Morgan fingerprint density at radius 1 is 1.39 bits per heavy atom. The Bertz CT molecular complexity index is 543. The minimum atomic E-state index is -3.45. The van der Waals surface area contributed by atoms with Gasteiger partial charge in [0.25, 0.3) is 0 Å². The molecule has 0 bridgehead atoms. The molecule has 6 heteroatoms. The van der Waals surface area contributed by atoms with Gasteiger partial charge in [0.15, 0.2) is 0 Å². The van der Waals surface area contributed by atoms with Crippen LogP contribution in [0.4, 0.5) is 0 Å². The number of sulfonamides is 1. The summed E-state index contributed by atoms with van der Waals surface area (Å²) in [5.41, 5.74) is 0. The van der Waals surface area contributed by atoms with E-state index in [2.05, 4.69) is 37.8 Å². The van der Waals surface area contributed by atoms with E-state index < -0.39 is 10.0 Å². The van der Waals surface area contributed by atoms with Gasteiger partial charge < -0.3 is 0 Å². The molecule has 1 aromatic rings. The summed E-state index contributed by atoms with van der Waals surface area (Å²) in [5, 5.41) is 0. The van der Waals surface area contributed by atoms with E-state index >= 15 is 0 Å². The van der Waals surface area contributed by atoms with Crippen molar-refractivity contribution in [3.63, 3.8) is 0 Å². The predicted molar refractivity (Wildman–Crippen MR) is 73.6 cm³/mol. The first-order chi connectivity index (χ1) is 8.58. The van der Waals surface area contributed by atoms with E-state index in [0.717, 1.165) is 19.3 Å². The zero-order chi connectivity index (χ0) is 13.0. The zero-order valence-corrected chi connectivity index (χ0v) is 12.2. The van der Waals surface area contributed by atoms with Crippen LogP contribution in [0, 0.1) is 5.92 Å². The topological polar surface area (TPSA) is 59.1 Å². The number of aromatic nitrogens is 1. The highest BCUT2D eigenvalue weighted by atomic mass is 79.9. The van der Waals surface area contributed by atoms with Gasteiger partial charge in [0, 0.05) is 23.4 Å². The Hall–Kier alpha value is -0.720. The summed E-state index contributed by atoms with van der Waals surface area (Å²) in [5.74, 6) is 0.393. The Labute approximate surface area is 116 Å². The van der Waals surface area contributed by atoms with Crippen LogP contribution in [-0.2, 0) is 10.0 Å². The van der Waals surface area contributed by atoms with Gasteiger partial charge in [-0.1, -0.05) is 12.2 Å². The van der Waals surface area contributed by atoms with E-state index in [1.807, 2.05) is 0 Å². The van der Waals surface area contributed by atoms with Crippen LogP contribution in [0.25, 0.3) is 0 Å². The Balaban J connectivity index is 2.01. The molecule has 1 aliphatic rings. The minimum Gasteiger partial charge on any atom is -0.262 e. The van der Waals surface area contributed by atoms with Crippen molar-refractivity contribution >= 4 is 26.0 Å². The summed E-state index contributed by atoms with van der Waals surface area (Å²) in [6, 6.07) is 1.55. The molecule has 2 rings (SSSR count). The Morgan fingerprint density at radius 3 is 2.89 bits per heavy atom. The fourth-order valence-electron chi connectivity index (χ4n) is 1.89. The number of hydrogen-bond donors (Lipinski definition) is 1. The molecule has 98 valence electrons. The molecule has 18 heavy (non-hydrogen) atoms. The molecule has 0 fully saturated rings. The second kappa shape index (κ2) is 5.95. The zero-order valence-electron chi connectivity index (χ0n) is 9.84. The van der Waals surface area contributed by atoms with Gasteiger partial charge in [-0.25, -0.2) is 13.1 Å². The second-order valence-corrected chi connectivity index (χ2v) is 7.02. The predicted octanol–water partition coefficient (Wildman–Crippen LogP) is 2.48. The molecule has 1 heterocycles. The molecule has 1 aromatic heterocycles. The van der Waals surface area contributed by atoms with Crippen molar-refractivity contribution in [3.05, 3.63) is 35.1 Å². The summed E-state index contributed by atoms with van der Waals surface area (Å²) in [6.07, 6.45) is 10.2. The fraction of sp³-hybridized carbons (Fsp3) is 0.417. The van der Waals surface area contributed by atoms with E-state index in [1.54, 1.807) is 12.3 Å². The van der Waals surface area contributed by atoms with Gasteiger partial charge >= 0.3 is 0 Å². The molecule has 0 amide bonds. The highest BCUT2D eigenvalue weighted by Gasteiger charge is 2.17. The van der Waals surface area contributed by atoms with Crippen molar-refractivity contribution in [1.82, 2.24) is 9.71 Å². The SMILES string of the molecule is O=S(=O)(NCC1CC=CCC1)c1cncc(Br)c1. The van der Waals surface area contributed by atoms with E-state index in [1.165, 1.54) is 6.20 Å². The van der Waals surface area contributed by atoms with Crippen molar-refractivity contribution in [1.29, 1.82) is 0 Å². The van der Waals surface area contributed by atoms with Crippen LogP contribution in [0.5, 0.6) is 0 Å². The van der Waals surface area contributed by atoms with Gasteiger partial charge in [-0.15, -0.1) is 0 Å². The van der Waals surface area contributed by atoms with Crippen molar-refractivity contribution < 1.29 is 8.42 Å². The number of nitrogens with zero attached hydrogens (tertiary/aromatic N) is 1. The van der Waals surface area contributed by atoms with Crippen LogP contribution in [0.1, 0.15) is 19.3 Å². The summed E-state index contributed by atoms with van der Waals surface area (Å²) in [7, 11) is -3.45. The average Bonchev–Trinajstić information content (AvgIpc) is 2.38. The first-order valence-electron chi connectivity index (χ1n) is 5.83. The largest absolute Gasteiger partial charge is 0.262 e. The van der Waals surface area contributed by atoms with Crippen LogP contribution in [0.2, 0.25) is 0 Å². The monoisotopic (exact) mass is 330 g/mol. The second-order valence-electron chi connectivity index (χ2n) is 4.34. The lowest BCUT2D eigenvalue weighted by atomic mass is 9.95. The van der Waals surface area contributed by atoms with Gasteiger partial charge in [-0.2, -0.15) is 0 Å². The van der Waals surface area contributed by atoms with Crippen LogP contribution < -0.4 is 4.72 Å². The molecule has 1 N–H and O–H groups in total. The smallest absolute Gasteiger partial charge is 0.242 e. The maximum absolute atomic E-state index is 12.0. The highest BCUT2D eigenvalue weighted by molar-refractivity contribution is 9.10. The van der Waals surface area contributed by atoms with Crippen molar-refractivity contribution in [3.8, 4) is 0 Å². The normalized spacial score (nSPS) is 19.9. The molecule has 0 spiro atoms. The number of hydrogen-bond acceptors (Lipinski definition) is 3. The number of halogens is 1. The number of allylic oxidation sites excluding steroid dienone is 2. The van der Waals surface area contributed by atoms with Crippen LogP contribution in [-0.4, -0.2) is 19.9 Å². The minimum absolute atomic E-state index is 0.197. The van der Waals surface area contributed by atoms with E-state index in [9.17, 15) is 8.42 Å². The summed E-state index contributed by atoms with van der Waals surface area (Å²) in [6.45, 7) is 0.485. The average molecular weight is 331 g/mol. The number of pyridine rings is 1. The molecule has 0 radical (unpaired) electrons. The highest BCUT2D eigenvalue weighted by Crippen LogP contribution is 2.19. The van der Waals surface area contributed by atoms with Crippen molar-refractivity contribution in [2.75, 3.05) is 6.54 Å². The van der Waals surface area contributed by atoms with Crippen molar-refractivity contribution in [2.24, 2.45) is 5.92 Å². The Kier molecular flexibility index (Phi) is 4.53. The van der Waals surface area contributed by atoms with Crippen LogP contribution in [0.3, 0.4) is 0 Å². The van der Waals surface area contributed by atoms with E-state index in [-0.39, 0.29) is 4.90 Å². The quantitative estimate of drug-likeness (QED) is 0.863. The van der Waals surface area contributed by atoms with Crippen molar-refractivity contribution in [2.45, 2.75) is 24.2 Å². The molecular formula is C12H15BrN2O2S. The molecule has 0 saturated carbocycles. The van der Waals surface area contributed by atoms with Crippen LogP contribution >= 0.6 is 15.9 Å². The van der Waals surface area contributed by atoms with Gasteiger partial charge in [0.1, 0.15) is 4.90 Å². The Morgan fingerprint density at radius 2 is 2.22 bits per heavy atom. The number of nitrogens with one attached hydrogen (secondary N) is 1. The van der Waals surface area contributed by atoms with Gasteiger partial charge in [-0.3, -0.25) is 4.98 Å². The lowest BCUT2D eigenvalue weighted by molar-refractivity contribution is 0.468. The van der Waals surface area contributed by atoms with Crippen LogP contribution in [0.15, 0.2) is 40.0 Å². The first kappa shape index (κ1) is 13.7. The molecule has 1 unspecified atom stereocenters. The van der Waals surface area contributed by atoms with E-state index in [0.29, 0.717) is 16.9 Å². The maximum Gasteiger partial charge on any atom is 0.242 e. The van der Waals surface area contributed by atoms with Gasteiger partial charge in [-0.05, 0) is 47.2 Å². The molecule has 1 atom stereocenters. The maximum atomic E-state index is 12.0. The fourth-order valence-corrected chi connectivity index (χ4v) is 3.51. The molecule has 4 nitrogen and oxygen atoms in total. The number of rotatable bonds is 4. The molecule has 0 aromatic carbocycles. The van der Waals surface area contributed by atoms with E-state index in [4.69, 9.17) is 0 Å². The third kappa shape index (κ3) is 3.63. The summed E-state index contributed by atoms with van der Waals surface area (Å²) >= 11 is 3.22. The lowest BCUT2D eigenvalue weighted by Gasteiger charge is -2.18. The first-order valence-corrected chi connectivity index (χ1v) is 8.11. The lowest BCUT2D eigenvalue weighted by Crippen LogP contribution is -2.29. The summed E-state index contributed by atoms with van der Waals surface area (Å²) < 4.78 is 27.4. The summed E-state index contributed by atoms with van der Waals surface area (Å²) in [4.78, 5) is 4.07. The molecule has 0 saturated heterocycles. The molecular weight excluding hydrogens is 316 g/mol. The third-order valence-electron chi connectivity index (χ3n) is 2.93. The standard InChI is InChI=1S/C12H15BrN2O2S/c13-11-6-12(9-14-8-11)18(16,17)15-7-10-4-2-1-3-5-10/h1-2,6,8-10,15H,3-5,7H2. The van der Waals surface area contributed by atoms with Gasteiger partial charge in [0.2, 0.25) is 10.0 Å². The van der Waals surface area contributed by atoms with Gasteiger partial charge in [0.05, 0.1) is 0 Å².